The average molecular weight is 472 g/mol. The molecule has 2 aliphatic carbocycles. The van der Waals surface area contributed by atoms with Crippen LogP contribution in [0.25, 0.3) is 22.8 Å². The first kappa shape index (κ1) is 21.4. The fourth-order valence-electron chi connectivity index (χ4n) is 4.25. The highest BCUT2D eigenvalue weighted by Gasteiger charge is 2.43. The molecule has 1 fully saturated rings. The lowest BCUT2D eigenvalue weighted by atomic mass is 9.89. The highest BCUT2D eigenvalue weighted by atomic mass is 19.1. The molecule has 35 heavy (non-hydrogen) atoms. The number of hydrogen-bond acceptors (Lipinski definition) is 7. The van der Waals surface area contributed by atoms with Crippen molar-refractivity contribution in [3.8, 4) is 22.8 Å². The highest BCUT2D eigenvalue weighted by Crippen LogP contribution is 2.43. The maximum atomic E-state index is 13.3. The number of alkyl halides is 1. The summed E-state index contributed by atoms with van der Waals surface area (Å²) in [5.41, 5.74) is 4.93. The Bertz CT molecular complexity index is 1470. The van der Waals surface area contributed by atoms with Gasteiger partial charge in [0.05, 0.1) is 12.1 Å². The summed E-state index contributed by atoms with van der Waals surface area (Å²) in [5.74, 6) is 0.523. The average Bonchev–Trinajstić information content (AvgIpc) is 3.24. The molecule has 0 bridgehead atoms. The molecule has 8 nitrogen and oxygen atoms in total. The summed E-state index contributed by atoms with van der Waals surface area (Å²) in [5, 5.41) is 6.80. The number of amides is 1. The van der Waals surface area contributed by atoms with Crippen LogP contribution in [0, 0.1) is 6.92 Å². The third-order valence-electron chi connectivity index (χ3n) is 6.46. The quantitative estimate of drug-likeness (QED) is 0.443. The molecule has 1 amide bonds. The molecule has 4 aromatic rings. The van der Waals surface area contributed by atoms with Crippen LogP contribution in [-0.4, -0.2) is 33.0 Å². The minimum atomic E-state index is -0.923. The van der Waals surface area contributed by atoms with Crippen LogP contribution in [0.4, 0.5) is 10.1 Å². The Hall–Kier alpha value is -4.14. The number of benzene rings is 2. The highest BCUT2D eigenvalue weighted by molar-refractivity contribution is 6.03. The van der Waals surface area contributed by atoms with Gasteiger partial charge in [0.2, 0.25) is 23.4 Å². The Labute approximate surface area is 199 Å². The third kappa shape index (κ3) is 4.14. The van der Waals surface area contributed by atoms with Crippen LogP contribution in [0.3, 0.4) is 0 Å². The molecule has 9 heteroatoms. The summed E-state index contributed by atoms with van der Waals surface area (Å²) in [6, 6.07) is 11.1. The molecule has 2 aliphatic rings. The topological polar surface area (TPSA) is 111 Å². The van der Waals surface area contributed by atoms with E-state index in [1.54, 1.807) is 6.07 Å². The van der Waals surface area contributed by atoms with E-state index in [-0.39, 0.29) is 17.5 Å². The number of carbonyl (C=O) groups is 2. The Morgan fingerprint density at radius 3 is 2.77 bits per heavy atom. The minimum absolute atomic E-state index is 0.0715. The Balaban J connectivity index is 1.20. The van der Waals surface area contributed by atoms with Crippen molar-refractivity contribution in [2.45, 2.75) is 44.7 Å². The third-order valence-corrected chi connectivity index (χ3v) is 6.46. The second-order valence-electron chi connectivity index (χ2n) is 9.03. The number of Topliss-reactive ketones (excluding diaryl/α,β-unsaturated/α-hetero) is 1. The zero-order valence-electron chi connectivity index (χ0n) is 18.9. The van der Waals surface area contributed by atoms with Gasteiger partial charge in [0.15, 0.2) is 0 Å². The monoisotopic (exact) mass is 472 g/mol. The molecule has 176 valence electrons. The van der Waals surface area contributed by atoms with Crippen molar-refractivity contribution >= 4 is 17.4 Å². The van der Waals surface area contributed by atoms with Gasteiger partial charge in [0, 0.05) is 29.7 Å². The van der Waals surface area contributed by atoms with Gasteiger partial charge in [-0.25, -0.2) is 9.37 Å². The maximum absolute atomic E-state index is 13.3. The van der Waals surface area contributed by atoms with Gasteiger partial charge in [0.1, 0.15) is 12.0 Å². The zero-order chi connectivity index (χ0) is 24.1. The summed E-state index contributed by atoms with van der Waals surface area (Å²) in [7, 11) is 0. The van der Waals surface area contributed by atoms with E-state index in [0.29, 0.717) is 54.5 Å². The summed E-state index contributed by atoms with van der Waals surface area (Å²) in [6.07, 6.45) is 2.56. The van der Waals surface area contributed by atoms with Crippen molar-refractivity contribution in [1.82, 2.24) is 15.1 Å². The lowest BCUT2D eigenvalue weighted by Gasteiger charge is -2.15. The van der Waals surface area contributed by atoms with Gasteiger partial charge in [-0.15, -0.1) is 0 Å². The molecule has 2 atom stereocenters. The molecule has 2 heterocycles. The van der Waals surface area contributed by atoms with Crippen LogP contribution in [0.15, 0.2) is 51.5 Å². The zero-order valence-corrected chi connectivity index (χ0v) is 18.9. The molecule has 0 saturated heterocycles. The molecular weight excluding hydrogens is 451 g/mol. The van der Waals surface area contributed by atoms with Crippen LogP contribution in [0.1, 0.15) is 51.9 Å². The van der Waals surface area contributed by atoms with E-state index in [0.717, 1.165) is 22.3 Å². The number of ketones is 1. The number of halogens is 1. The molecule has 0 aliphatic heterocycles. The van der Waals surface area contributed by atoms with Gasteiger partial charge in [-0.05, 0) is 54.7 Å². The Morgan fingerprint density at radius 2 is 1.94 bits per heavy atom. The number of hydrogen-bond donors (Lipinski definition) is 1. The van der Waals surface area contributed by atoms with E-state index in [2.05, 4.69) is 20.4 Å². The van der Waals surface area contributed by atoms with E-state index in [1.165, 1.54) is 6.20 Å². The van der Waals surface area contributed by atoms with E-state index >= 15 is 0 Å². The Kier molecular flexibility index (Phi) is 5.05. The standard InChI is InChI=1S/C26H21FN4O4/c1-13-2-3-16(23-30-26(35-31-23)19-11-20(19)27)10-21(13)29-24(33)22-12-28-25(34-22)17-5-4-15-9-18(32)7-6-14(15)8-17/h2-5,8,10,12,19-20H,6-7,9,11H2,1H3,(H,29,33)/t19-,20-/m0/s1. The number of aromatic nitrogens is 3. The lowest BCUT2D eigenvalue weighted by molar-refractivity contribution is -0.118. The molecule has 2 aromatic heterocycles. The number of carbonyl (C=O) groups excluding carboxylic acids is 2. The van der Waals surface area contributed by atoms with Crippen molar-refractivity contribution in [3.63, 3.8) is 0 Å². The molecule has 1 saturated carbocycles. The number of nitrogens with zero attached hydrogens (tertiary/aromatic N) is 3. The van der Waals surface area contributed by atoms with Crippen molar-refractivity contribution in [1.29, 1.82) is 0 Å². The minimum Gasteiger partial charge on any atom is -0.431 e. The second kappa shape index (κ2) is 8.26. The molecule has 0 spiro atoms. The smallest absolute Gasteiger partial charge is 0.293 e. The van der Waals surface area contributed by atoms with Crippen molar-refractivity contribution in [2.24, 2.45) is 0 Å². The van der Waals surface area contributed by atoms with Gasteiger partial charge in [-0.3, -0.25) is 9.59 Å². The number of aryl methyl sites for hydroxylation is 2. The van der Waals surface area contributed by atoms with E-state index in [4.69, 9.17) is 8.94 Å². The fourth-order valence-corrected chi connectivity index (χ4v) is 4.25. The predicted octanol–water partition coefficient (Wildman–Crippen LogP) is 4.84. The van der Waals surface area contributed by atoms with Crippen molar-refractivity contribution in [3.05, 3.63) is 70.9 Å². The summed E-state index contributed by atoms with van der Waals surface area (Å²) >= 11 is 0. The first-order valence-corrected chi connectivity index (χ1v) is 11.4. The number of nitrogens with one attached hydrogen (secondary N) is 1. The maximum Gasteiger partial charge on any atom is 0.293 e. The molecule has 1 N–H and O–H groups in total. The van der Waals surface area contributed by atoms with Crippen LogP contribution >= 0.6 is 0 Å². The lowest BCUT2D eigenvalue weighted by Crippen LogP contribution is -2.13. The second-order valence-corrected chi connectivity index (χ2v) is 9.03. The molecule has 2 aromatic carbocycles. The van der Waals surface area contributed by atoms with Crippen molar-refractivity contribution in [2.75, 3.05) is 5.32 Å². The Morgan fingerprint density at radius 1 is 1.11 bits per heavy atom. The van der Waals surface area contributed by atoms with Gasteiger partial charge in [-0.1, -0.05) is 23.4 Å². The van der Waals surface area contributed by atoms with Gasteiger partial charge >= 0.3 is 0 Å². The van der Waals surface area contributed by atoms with Crippen LogP contribution in [0.2, 0.25) is 0 Å². The molecule has 0 radical (unpaired) electrons. The van der Waals surface area contributed by atoms with E-state index in [1.807, 2.05) is 37.3 Å². The van der Waals surface area contributed by atoms with Crippen LogP contribution in [-0.2, 0) is 17.6 Å². The first-order chi connectivity index (χ1) is 16.9. The number of oxazole rings is 1. The van der Waals surface area contributed by atoms with Gasteiger partial charge in [-0.2, -0.15) is 4.98 Å². The summed E-state index contributed by atoms with van der Waals surface area (Å²) < 4.78 is 24.2. The number of rotatable bonds is 5. The largest absolute Gasteiger partial charge is 0.431 e. The van der Waals surface area contributed by atoms with Gasteiger partial charge in [0.25, 0.3) is 5.91 Å². The van der Waals surface area contributed by atoms with Crippen LogP contribution < -0.4 is 5.32 Å². The normalized spacial score (nSPS) is 18.9. The van der Waals surface area contributed by atoms with E-state index in [9.17, 15) is 14.0 Å². The van der Waals surface area contributed by atoms with E-state index < -0.39 is 12.1 Å². The van der Waals surface area contributed by atoms with Crippen LogP contribution in [0.5, 0.6) is 0 Å². The number of anilines is 1. The number of fused-ring (bicyclic) bond motifs is 1. The predicted molar refractivity (Wildman–Crippen MR) is 124 cm³/mol. The SMILES string of the molecule is Cc1ccc(-c2noc([C@H]3C[C@@H]3F)n2)cc1NC(=O)c1cnc(-c2ccc3c(c2)CCC(=O)C3)o1. The summed E-state index contributed by atoms with van der Waals surface area (Å²) in [6.45, 7) is 1.86. The molecular formula is C26H21FN4O4. The van der Waals surface area contributed by atoms with Crippen molar-refractivity contribution < 1.29 is 22.9 Å². The molecule has 0 unspecified atom stereocenters. The summed E-state index contributed by atoms with van der Waals surface area (Å²) in [4.78, 5) is 33.1. The van der Waals surface area contributed by atoms with Gasteiger partial charge < -0.3 is 14.3 Å². The fraction of sp³-hybridized carbons (Fsp3) is 0.269. The first-order valence-electron chi connectivity index (χ1n) is 11.4. The molecule has 6 rings (SSSR count).